The number of halogens is 2. The summed E-state index contributed by atoms with van der Waals surface area (Å²) in [5.74, 6) is -0.958. The average molecular weight is 357 g/mol. The number of hydrogen-bond donors (Lipinski definition) is 2. The lowest BCUT2D eigenvalue weighted by Gasteiger charge is -2.07. The van der Waals surface area contributed by atoms with Gasteiger partial charge in [-0.3, -0.25) is 4.79 Å². The summed E-state index contributed by atoms with van der Waals surface area (Å²) >= 11 is 8.97. The topological polar surface area (TPSA) is 83.5 Å². The van der Waals surface area contributed by atoms with Crippen LogP contribution in [-0.4, -0.2) is 26.0 Å². The largest absolute Gasteiger partial charge is 0.481 e. The fourth-order valence-corrected chi connectivity index (χ4v) is 2.77. The molecule has 0 atom stereocenters. The lowest BCUT2D eigenvalue weighted by Crippen LogP contribution is -2.25. The fraction of sp³-hybridized carbons (Fsp3) is 0.300. The van der Waals surface area contributed by atoms with Gasteiger partial charge in [-0.05, 0) is 40.5 Å². The predicted octanol–water partition coefficient (Wildman–Crippen LogP) is 2.25. The quantitative estimate of drug-likeness (QED) is 0.766. The standard InChI is InChI=1S/C10H11BrClNO4S/c11-8-4-3-7(6-9(8)12)18(16,17)13-5-1-2-10(14)15/h3-4,6,13H,1-2,5H2,(H,14,15). The molecule has 0 radical (unpaired) electrons. The van der Waals surface area contributed by atoms with Crippen LogP contribution >= 0.6 is 27.5 Å². The Morgan fingerprint density at radius 3 is 2.67 bits per heavy atom. The van der Waals surface area contributed by atoms with Crippen molar-refractivity contribution in [3.05, 3.63) is 27.7 Å². The number of benzene rings is 1. The molecule has 18 heavy (non-hydrogen) atoms. The molecule has 0 unspecified atom stereocenters. The summed E-state index contributed by atoms with van der Waals surface area (Å²) < 4.78 is 26.5. The van der Waals surface area contributed by atoms with Crippen LogP contribution in [0.15, 0.2) is 27.6 Å². The van der Waals surface area contributed by atoms with Crippen molar-refractivity contribution in [1.29, 1.82) is 0 Å². The summed E-state index contributed by atoms with van der Waals surface area (Å²) in [7, 11) is -3.65. The van der Waals surface area contributed by atoms with Crippen molar-refractivity contribution in [3.63, 3.8) is 0 Å². The van der Waals surface area contributed by atoms with Gasteiger partial charge in [0.05, 0.1) is 9.92 Å². The van der Waals surface area contributed by atoms with Gasteiger partial charge in [-0.15, -0.1) is 0 Å². The van der Waals surface area contributed by atoms with Crippen LogP contribution in [0.1, 0.15) is 12.8 Å². The van der Waals surface area contributed by atoms with Crippen LogP contribution in [0.4, 0.5) is 0 Å². The summed E-state index contributed by atoms with van der Waals surface area (Å²) in [4.78, 5) is 10.3. The Bertz CT molecular complexity index is 547. The van der Waals surface area contributed by atoms with E-state index in [4.69, 9.17) is 16.7 Å². The Morgan fingerprint density at radius 2 is 2.11 bits per heavy atom. The lowest BCUT2D eigenvalue weighted by molar-refractivity contribution is -0.137. The molecule has 0 aliphatic heterocycles. The predicted molar refractivity (Wildman–Crippen MR) is 71.2 cm³/mol. The summed E-state index contributed by atoms with van der Waals surface area (Å²) in [6.07, 6.45) is 0.155. The molecular weight excluding hydrogens is 346 g/mol. The number of carbonyl (C=O) groups is 1. The SMILES string of the molecule is O=C(O)CCCNS(=O)(=O)c1ccc(Br)c(Cl)c1. The van der Waals surface area contributed by atoms with Gasteiger partial charge in [-0.1, -0.05) is 11.6 Å². The second kappa shape index (κ2) is 6.51. The molecule has 0 aromatic heterocycles. The molecule has 0 aliphatic carbocycles. The van der Waals surface area contributed by atoms with E-state index in [0.717, 1.165) is 0 Å². The fourth-order valence-electron chi connectivity index (χ4n) is 1.17. The van der Waals surface area contributed by atoms with Gasteiger partial charge >= 0.3 is 5.97 Å². The summed E-state index contributed by atoms with van der Waals surface area (Å²) in [5.41, 5.74) is 0. The molecule has 5 nitrogen and oxygen atoms in total. The molecule has 8 heteroatoms. The second-order valence-electron chi connectivity index (χ2n) is 3.47. The molecule has 0 bridgehead atoms. The first-order valence-electron chi connectivity index (χ1n) is 4.99. The number of carboxylic acids is 1. The Kier molecular flexibility index (Phi) is 5.58. The molecule has 100 valence electrons. The first-order valence-corrected chi connectivity index (χ1v) is 7.65. The molecule has 0 heterocycles. The lowest BCUT2D eigenvalue weighted by atomic mass is 10.3. The van der Waals surface area contributed by atoms with E-state index in [1.54, 1.807) is 0 Å². The van der Waals surface area contributed by atoms with E-state index in [2.05, 4.69) is 20.7 Å². The third kappa shape index (κ3) is 4.56. The molecule has 0 saturated carbocycles. The summed E-state index contributed by atoms with van der Waals surface area (Å²) in [6, 6.07) is 4.27. The zero-order valence-corrected chi connectivity index (χ0v) is 12.3. The van der Waals surface area contributed by atoms with Gasteiger partial charge in [-0.2, -0.15) is 0 Å². The number of sulfonamides is 1. The van der Waals surface area contributed by atoms with Gasteiger partial charge in [-0.25, -0.2) is 13.1 Å². The first kappa shape index (κ1) is 15.4. The Balaban J connectivity index is 2.68. The zero-order valence-electron chi connectivity index (χ0n) is 9.19. The smallest absolute Gasteiger partial charge is 0.303 e. The van der Waals surface area contributed by atoms with Gasteiger partial charge in [0.2, 0.25) is 10.0 Å². The highest BCUT2D eigenvalue weighted by molar-refractivity contribution is 9.10. The Labute approximate surface area is 118 Å². The van der Waals surface area contributed by atoms with Crippen molar-refractivity contribution in [2.24, 2.45) is 0 Å². The van der Waals surface area contributed by atoms with Gasteiger partial charge in [0, 0.05) is 17.4 Å². The van der Waals surface area contributed by atoms with Crippen LogP contribution < -0.4 is 4.72 Å². The maximum absolute atomic E-state index is 11.8. The molecular formula is C10H11BrClNO4S. The van der Waals surface area contributed by atoms with Crippen LogP contribution in [0.5, 0.6) is 0 Å². The summed E-state index contributed by atoms with van der Waals surface area (Å²) in [5, 5.41) is 8.72. The number of hydrogen-bond acceptors (Lipinski definition) is 3. The van der Waals surface area contributed by atoms with E-state index in [-0.39, 0.29) is 24.3 Å². The molecule has 0 fully saturated rings. The van der Waals surface area contributed by atoms with Gasteiger partial charge in [0.15, 0.2) is 0 Å². The van der Waals surface area contributed by atoms with Crippen molar-refractivity contribution in [1.82, 2.24) is 4.72 Å². The monoisotopic (exact) mass is 355 g/mol. The van der Waals surface area contributed by atoms with Crippen molar-refractivity contribution in [2.75, 3.05) is 6.54 Å². The van der Waals surface area contributed by atoms with E-state index in [1.807, 2.05) is 0 Å². The number of carboxylic acid groups (broad SMARTS) is 1. The van der Waals surface area contributed by atoms with Crippen LogP contribution in [0, 0.1) is 0 Å². The molecule has 1 rings (SSSR count). The van der Waals surface area contributed by atoms with Crippen LogP contribution in [0.25, 0.3) is 0 Å². The molecule has 1 aromatic carbocycles. The van der Waals surface area contributed by atoms with Crippen molar-refractivity contribution in [3.8, 4) is 0 Å². The number of rotatable bonds is 6. The number of nitrogens with one attached hydrogen (secondary N) is 1. The molecule has 2 N–H and O–H groups in total. The molecule has 0 aliphatic rings. The van der Waals surface area contributed by atoms with E-state index >= 15 is 0 Å². The van der Waals surface area contributed by atoms with Crippen LogP contribution in [0.3, 0.4) is 0 Å². The Hall–Kier alpha value is -0.630. The van der Waals surface area contributed by atoms with E-state index in [1.165, 1.54) is 18.2 Å². The molecule has 0 spiro atoms. The van der Waals surface area contributed by atoms with Crippen molar-refractivity contribution in [2.45, 2.75) is 17.7 Å². The zero-order chi connectivity index (χ0) is 13.8. The van der Waals surface area contributed by atoms with Crippen molar-refractivity contribution < 1.29 is 18.3 Å². The second-order valence-corrected chi connectivity index (χ2v) is 6.50. The van der Waals surface area contributed by atoms with Crippen LogP contribution in [-0.2, 0) is 14.8 Å². The molecule has 0 amide bonds. The maximum atomic E-state index is 11.8. The van der Waals surface area contributed by atoms with Gasteiger partial charge in [0.25, 0.3) is 0 Å². The maximum Gasteiger partial charge on any atom is 0.303 e. The minimum absolute atomic E-state index is 0.0472. The Morgan fingerprint density at radius 1 is 1.44 bits per heavy atom. The molecule has 0 saturated heterocycles. The third-order valence-corrected chi connectivity index (χ3v) is 4.75. The normalized spacial score (nSPS) is 11.4. The highest BCUT2D eigenvalue weighted by Gasteiger charge is 2.14. The van der Waals surface area contributed by atoms with Crippen LogP contribution in [0.2, 0.25) is 5.02 Å². The average Bonchev–Trinajstić information content (AvgIpc) is 2.28. The minimum atomic E-state index is -3.65. The van der Waals surface area contributed by atoms with Gasteiger partial charge < -0.3 is 5.11 Å². The number of aliphatic carboxylic acids is 1. The van der Waals surface area contributed by atoms with E-state index < -0.39 is 16.0 Å². The highest BCUT2D eigenvalue weighted by atomic mass is 79.9. The van der Waals surface area contributed by atoms with Gasteiger partial charge in [0.1, 0.15) is 0 Å². The molecule has 1 aromatic rings. The van der Waals surface area contributed by atoms with E-state index in [9.17, 15) is 13.2 Å². The minimum Gasteiger partial charge on any atom is -0.481 e. The highest BCUT2D eigenvalue weighted by Crippen LogP contribution is 2.25. The third-order valence-electron chi connectivity index (χ3n) is 2.06. The van der Waals surface area contributed by atoms with Crippen molar-refractivity contribution >= 4 is 43.5 Å². The van der Waals surface area contributed by atoms with E-state index in [0.29, 0.717) is 9.50 Å². The first-order chi connectivity index (χ1) is 8.33. The summed E-state index contributed by atoms with van der Waals surface area (Å²) in [6.45, 7) is 0.0717.